The average Bonchev–Trinajstić information content (AvgIpc) is 3.03. The monoisotopic (exact) mass is 442 g/mol. The Morgan fingerprint density at radius 2 is 1.42 bits per heavy atom. The second kappa shape index (κ2) is 9.20. The van der Waals surface area contributed by atoms with Gasteiger partial charge in [-0.2, -0.15) is 0 Å². The maximum atomic E-state index is 13.6. The molecule has 0 bridgehead atoms. The number of methoxy groups -OCH3 is 1. The van der Waals surface area contributed by atoms with Gasteiger partial charge in [0.15, 0.2) is 0 Å². The van der Waals surface area contributed by atoms with E-state index >= 15 is 0 Å². The van der Waals surface area contributed by atoms with E-state index in [9.17, 15) is 9.59 Å². The maximum Gasteiger partial charge on any atom is 0.282 e. The predicted molar refractivity (Wildman–Crippen MR) is 130 cm³/mol. The largest absolute Gasteiger partial charge is 0.497 e. The quantitative estimate of drug-likeness (QED) is 0.515. The molecule has 0 radical (unpaired) electrons. The highest BCUT2D eigenvalue weighted by Crippen LogP contribution is 2.35. The van der Waals surface area contributed by atoms with E-state index in [-0.39, 0.29) is 11.6 Å². The zero-order chi connectivity index (χ0) is 23.5. The van der Waals surface area contributed by atoms with Crippen LogP contribution >= 0.6 is 0 Å². The molecule has 0 unspecified atom stereocenters. The minimum Gasteiger partial charge on any atom is -0.497 e. The van der Waals surface area contributed by atoms with Gasteiger partial charge in [-0.25, -0.2) is 4.90 Å². The lowest BCUT2D eigenvalue weighted by Gasteiger charge is -2.16. The van der Waals surface area contributed by atoms with Crippen molar-refractivity contribution in [1.82, 2.24) is 0 Å². The predicted octanol–water partition coefficient (Wildman–Crippen LogP) is 5.11. The summed E-state index contributed by atoms with van der Waals surface area (Å²) in [5.41, 5.74) is 4.55. The molecule has 6 heteroatoms. The van der Waals surface area contributed by atoms with Gasteiger partial charge >= 0.3 is 0 Å². The molecule has 3 aromatic rings. The van der Waals surface area contributed by atoms with Gasteiger partial charge in [-0.1, -0.05) is 18.2 Å². The molecule has 0 saturated heterocycles. The van der Waals surface area contributed by atoms with Crippen molar-refractivity contribution in [3.8, 4) is 11.5 Å². The summed E-state index contributed by atoms with van der Waals surface area (Å²) in [5.74, 6) is 0.551. The SMILES string of the molecule is CCOc1ccc(C2=C(Nc3cc(C)cc(C)c3)C(=O)N(c3ccc(OC)cc3)C2=O)cc1. The Labute approximate surface area is 193 Å². The van der Waals surface area contributed by atoms with Gasteiger partial charge in [0.2, 0.25) is 0 Å². The molecule has 0 fully saturated rings. The van der Waals surface area contributed by atoms with Crippen LogP contribution in [0, 0.1) is 13.8 Å². The summed E-state index contributed by atoms with van der Waals surface area (Å²) >= 11 is 0. The van der Waals surface area contributed by atoms with Gasteiger partial charge in [0.05, 0.1) is 25.0 Å². The average molecular weight is 443 g/mol. The number of nitrogens with zero attached hydrogens (tertiary/aromatic N) is 1. The molecule has 3 aromatic carbocycles. The molecular weight excluding hydrogens is 416 g/mol. The van der Waals surface area contributed by atoms with Crippen LogP contribution in [-0.4, -0.2) is 25.5 Å². The Morgan fingerprint density at radius 3 is 2.00 bits per heavy atom. The molecule has 0 aromatic heterocycles. The van der Waals surface area contributed by atoms with Gasteiger partial charge in [-0.3, -0.25) is 9.59 Å². The second-order valence-corrected chi connectivity index (χ2v) is 7.85. The molecule has 0 spiro atoms. The van der Waals surface area contributed by atoms with Crippen LogP contribution in [0.1, 0.15) is 23.6 Å². The number of carbonyl (C=O) groups excluding carboxylic acids is 2. The minimum atomic E-state index is -0.409. The molecular formula is C27H26N2O4. The smallest absolute Gasteiger partial charge is 0.282 e. The number of imide groups is 1. The molecule has 1 N–H and O–H groups in total. The van der Waals surface area contributed by atoms with Crippen LogP contribution in [0.4, 0.5) is 11.4 Å². The van der Waals surface area contributed by atoms with Crippen molar-refractivity contribution < 1.29 is 19.1 Å². The Morgan fingerprint density at radius 1 is 0.818 bits per heavy atom. The van der Waals surface area contributed by atoms with E-state index in [4.69, 9.17) is 9.47 Å². The molecule has 1 aliphatic heterocycles. The van der Waals surface area contributed by atoms with E-state index in [1.807, 2.05) is 32.9 Å². The first-order valence-electron chi connectivity index (χ1n) is 10.8. The van der Waals surface area contributed by atoms with Crippen molar-refractivity contribution in [2.24, 2.45) is 0 Å². The third-order valence-corrected chi connectivity index (χ3v) is 5.36. The van der Waals surface area contributed by atoms with E-state index in [1.54, 1.807) is 55.6 Å². The summed E-state index contributed by atoms with van der Waals surface area (Å²) < 4.78 is 10.7. The minimum absolute atomic E-state index is 0.241. The van der Waals surface area contributed by atoms with Crippen LogP contribution < -0.4 is 19.7 Å². The van der Waals surface area contributed by atoms with Crippen LogP contribution in [0.15, 0.2) is 72.4 Å². The third-order valence-electron chi connectivity index (χ3n) is 5.36. The zero-order valence-electron chi connectivity index (χ0n) is 19.1. The van der Waals surface area contributed by atoms with E-state index in [1.165, 1.54) is 4.90 Å². The standard InChI is InChI=1S/C27H26N2O4/c1-5-33-23-10-6-19(7-11-23)24-25(28-20-15-17(2)14-18(3)16-20)27(31)29(26(24)30)21-8-12-22(32-4)13-9-21/h6-16,28H,5H2,1-4H3. The number of anilines is 2. The Balaban J connectivity index is 1.79. The summed E-state index contributed by atoms with van der Waals surface area (Å²) in [6.45, 7) is 6.44. The number of hydrogen-bond acceptors (Lipinski definition) is 5. The van der Waals surface area contributed by atoms with Gasteiger partial charge < -0.3 is 14.8 Å². The third kappa shape index (κ3) is 4.46. The van der Waals surface area contributed by atoms with Crippen molar-refractivity contribution >= 4 is 28.8 Å². The lowest BCUT2D eigenvalue weighted by molar-refractivity contribution is -0.120. The highest BCUT2D eigenvalue weighted by atomic mass is 16.5. The molecule has 0 aliphatic carbocycles. The number of aryl methyl sites for hydroxylation is 2. The number of carbonyl (C=O) groups is 2. The summed E-state index contributed by atoms with van der Waals surface area (Å²) in [4.78, 5) is 28.3. The fourth-order valence-corrected chi connectivity index (χ4v) is 3.95. The molecule has 33 heavy (non-hydrogen) atoms. The summed E-state index contributed by atoms with van der Waals surface area (Å²) in [6.07, 6.45) is 0. The van der Waals surface area contributed by atoms with Crippen LogP contribution in [0.3, 0.4) is 0 Å². The lowest BCUT2D eigenvalue weighted by Crippen LogP contribution is -2.32. The normalized spacial score (nSPS) is 13.5. The Bertz CT molecular complexity index is 1210. The topological polar surface area (TPSA) is 67.9 Å². The number of amides is 2. The number of ether oxygens (including phenoxy) is 2. The van der Waals surface area contributed by atoms with Crippen molar-refractivity contribution in [3.63, 3.8) is 0 Å². The highest BCUT2D eigenvalue weighted by Gasteiger charge is 2.40. The number of benzene rings is 3. The van der Waals surface area contributed by atoms with E-state index < -0.39 is 5.91 Å². The summed E-state index contributed by atoms with van der Waals surface area (Å²) in [6, 6.07) is 20.0. The van der Waals surface area contributed by atoms with Gasteiger partial charge in [-0.05, 0) is 86.0 Å². The van der Waals surface area contributed by atoms with E-state index in [0.29, 0.717) is 34.9 Å². The molecule has 168 valence electrons. The van der Waals surface area contributed by atoms with Crippen LogP contribution in [0.5, 0.6) is 11.5 Å². The first-order chi connectivity index (χ1) is 15.9. The Hall–Kier alpha value is -4.06. The van der Waals surface area contributed by atoms with E-state index in [0.717, 1.165) is 16.8 Å². The number of nitrogens with one attached hydrogen (secondary N) is 1. The second-order valence-electron chi connectivity index (χ2n) is 7.85. The lowest BCUT2D eigenvalue weighted by atomic mass is 10.0. The summed E-state index contributed by atoms with van der Waals surface area (Å²) in [7, 11) is 1.57. The van der Waals surface area contributed by atoms with E-state index in [2.05, 4.69) is 11.4 Å². The van der Waals surface area contributed by atoms with Gasteiger partial charge in [0.25, 0.3) is 11.8 Å². The molecule has 6 nitrogen and oxygen atoms in total. The van der Waals surface area contributed by atoms with Crippen LogP contribution in [0.2, 0.25) is 0 Å². The fraction of sp³-hybridized carbons (Fsp3) is 0.185. The van der Waals surface area contributed by atoms with Gasteiger partial charge in [-0.15, -0.1) is 0 Å². The molecule has 4 rings (SSSR count). The Kier molecular flexibility index (Phi) is 6.18. The van der Waals surface area contributed by atoms with Gasteiger partial charge in [0, 0.05) is 5.69 Å². The fourth-order valence-electron chi connectivity index (χ4n) is 3.95. The molecule has 1 aliphatic rings. The molecule has 1 heterocycles. The first-order valence-corrected chi connectivity index (χ1v) is 10.8. The van der Waals surface area contributed by atoms with Crippen molar-refractivity contribution in [3.05, 3.63) is 89.1 Å². The number of rotatable bonds is 7. The molecule has 0 atom stereocenters. The summed E-state index contributed by atoms with van der Waals surface area (Å²) in [5, 5.41) is 3.22. The van der Waals surface area contributed by atoms with Gasteiger partial charge in [0.1, 0.15) is 17.2 Å². The van der Waals surface area contributed by atoms with Crippen LogP contribution in [0.25, 0.3) is 5.57 Å². The number of hydrogen-bond donors (Lipinski definition) is 1. The van der Waals surface area contributed by atoms with Crippen molar-refractivity contribution in [2.45, 2.75) is 20.8 Å². The maximum absolute atomic E-state index is 13.6. The van der Waals surface area contributed by atoms with Crippen molar-refractivity contribution in [1.29, 1.82) is 0 Å². The van der Waals surface area contributed by atoms with Crippen molar-refractivity contribution in [2.75, 3.05) is 23.9 Å². The first kappa shape index (κ1) is 22.1. The molecule has 0 saturated carbocycles. The highest BCUT2D eigenvalue weighted by molar-refractivity contribution is 6.46. The van der Waals surface area contributed by atoms with Crippen LogP contribution in [-0.2, 0) is 9.59 Å². The molecule has 2 amide bonds. The zero-order valence-corrected chi connectivity index (χ0v) is 19.1.